The van der Waals surface area contributed by atoms with Crippen molar-refractivity contribution >= 4 is 32.1 Å². The highest BCUT2D eigenvalue weighted by atomic mass is 32.2. The molecule has 0 saturated carbocycles. The second-order valence-corrected chi connectivity index (χ2v) is 12.4. The van der Waals surface area contributed by atoms with E-state index in [1.165, 1.54) is 40.7 Å². The number of esters is 1. The topological polar surface area (TPSA) is 179 Å². The van der Waals surface area contributed by atoms with Gasteiger partial charge in [0.2, 0.25) is 10.0 Å². The predicted molar refractivity (Wildman–Crippen MR) is 149 cm³/mol. The van der Waals surface area contributed by atoms with Crippen LogP contribution >= 0.6 is 0 Å². The number of hydroxylamine groups is 1. The van der Waals surface area contributed by atoms with Crippen LogP contribution in [0.5, 0.6) is 11.5 Å². The van der Waals surface area contributed by atoms with Gasteiger partial charge in [0.15, 0.2) is 5.75 Å². The maximum Gasteiger partial charge on any atom is 0.340 e. The van der Waals surface area contributed by atoms with Gasteiger partial charge < -0.3 is 19.5 Å². The SMILES string of the molecule is CCCONC(N)=NOc1cc(C)cc(OS(=O)(=O)c2ccccc2S(=O)(=O)N2CCN(CC(=O)OCC)CC2)c1. The van der Waals surface area contributed by atoms with Crippen molar-refractivity contribution in [3.05, 3.63) is 48.0 Å². The number of nitrogens with two attached hydrogens (primary N) is 1. The standard InChI is InChI=1S/C25H35N5O9S2/c1-4-14-37-27-25(26)28-38-20-15-19(3)16-21(17-20)39-41(34,35)23-9-7-6-8-22(23)40(32,33)30-12-10-29(11-13-30)18-24(31)36-5-2/h6-9,15-17H,4-5,10-14,18H2,1-3H3,(H3,26,27,28). The molecule has 1 aliphatic rings. The van der Waals surface area contributed by atoms with Crippen molar-refractivity contribution in [2.45, 2.75) is 37.0 Å². The first-order valence-corrected chi connectivity index (χ1v) is 15.7. The fourth-order valence-electron chi connectivity index (χ4n) is 3.86. The number of nitrogens with zero attached hydrogens (tertiary/aromatic N) is 3. The lowest BCUT2D eigenvalue weighted by atomic mass is 10.2. The number of piperazine rings is 1. The molecule has 0 aliphatic carbocycles. The van der Waals surface area contributed by atoms with Gasteiger partial charge in [-0.3, -0.25) is 14.5 Å². The Morgan fingerprint density at radius 2 is 1.66 bits per heavy atom. The molecule has 3 N–H and O–H groups in total. The first-order chi connectivity index (χ1) is 19.5. The van der Waals surface area contributed by atoms with Crippen molar-refractivity contribution in [3.8, 4) is 11.5 Å². The average molecular weight is 614 g/mol. The zero-order chi connectivity index (χ0) is 30.0. The Hall–Kier alpha value is -3.44. The number of carbonyl (C=O) groups is 1. The number of ether oxygens (including phenoxy) is 1. The number of carbonyl (C=O) groups excluding carboxylic acids is 1. The van der Waals surface area contributed by atoms with Gasteiger partial charge in [-0.2, -0.15) is 12.7 Å². The molecule has 0 bridgehead atoms. The van der Waals surface area contributed by atoms with Crippen LogP contribution in [0.2, 0.25) is 0 Å². The van der Waals surface area contributed by atoms with E-state index in [4.69, 9.17) is 24.3 Å². The maximum absolute atomic E-state index is 13.5. The van der Waals surface area contributed by atoms with Gasteiger partial charge in [-0.1, -0.05) is 19.1 Å². The Morgan fingerprint density at radius 1 is 1.00 bits per heavy atom. The van der Waals surface area contributed by atoms with Crippen LogP contribution in [0, 0.1) is 6.92 Å². The number of benzene rings is 2. The number of hydrogen-bond donors (Lipinski definition) is 2. The molecule has 1 saturated heterocycles. The Morgan fingerprint density at radius 3 is 2.32 bits per heavy atom. The number of guanidine groups is 1. The zero-order valence-electron chi connectivity index (χ0n) is 23.1. The third kappa shape index (κ3) is 9.02. The van der Waals surface area contributed by atoms with Gasteiger partial charge in [0.1, 0.15) is 15.5 Å². The smallest absolute Gasteiger partial charge is 0.340 e. The molecule has 226 valence electrons. The first kappa shape index (κ1) is 32.1. The molecule has 0 radical (unpaired) electrons. The predicted octanol–water partition coefficient (Wildman–Crippen LogP) is 1.17. The fourth-order valence-corrected chi connectivity index (χ4v) is 6.98. The van der Waals surface area contributed by atoms with E-state index in [0.29, 0.717) is 12.2 Å². The van der Waals surface area contributed by atoms with Crippen LogP contribution in [-0.2, 0) is 34.5 Å². The van der Waals surface area contributed by atoms with E-state index in [1.807, 2.05) is 6.92 Å². The van der Waals surface area contributed by atoms with E-state index in [1.54, 1.807) is 24.8 Å². The number of rotatable bonds is 13. The fraction of sp³-hybridized carbons (Fsp3) is 0.440. The summed E-state index contributed by atoms with van der Waals surface area (Å²) in [6.45, 7) is 6.70. The number of nitrogens with one attached hydrogen (secondary N) is 1. The summed E-state index contributed by atoms with van der Waals surface area (Å²) < 4.78 is 65.2. The van der Waals surface area contributed by atoms with Crippen molar-refractivity contribution in [1.82, 2.24) is 14.7 Å². The van der Waals surface area contributed by atoms with E-state index in [-0.39, 0.29) is 56.8 Å². The number of sulfonamides is 1. The maximum atomic E-state index is 13.5. The third-order valence-electron chi connectivity index (χ3n) is 5.69. The Labute approximate surface area is 240 Å². The second kappa shape index (κ2) is 14.5. The molecular formula is C25H35N5O9S2. The zero-order valence-corrected chi connectivity index (χ0v) is 24.7. The quantitative estimate of drug-likeness (QED) is 0.0824. The van der Waals surface area contributed by atoms with Crippen molar-refractivity contribution in [2.75, 3.05) is 45.9 Å². The van der Waals surface area contributed by atoms with E-state index in [0.717, 1.165) is 6.42 Å². The second-order valence-electron chi connectivity index (χ2n) is 8.97. The highest BCUT2D eigenvalue weighted by Gasteiger charge is 2.34. The van der Waals surface area contributed by atoms with Crippen LogP contribution < -0.4 is 20.2 Å². The highest BCUT2D eigenvalue weighted by molar-refractivity contribution is 7.91. The van der Waals surface area contributed by atoms with E-state index < -0.39 is 35.9 Å². The summed E-state index contributed by atoms with van der Waals surface area (Å²) in [6.07, 6.45) is 0.756. The summed E-state index contributed by atoms with van der Waals surface area (Å²) in [4.78, 5) is 22.9. The van der Waals surface area contributed by atoms with Gasteiger partial charge in [0, 0.05) is 32.2 Å². The Balaban J connectivity index is 1.77. The first-order valence-electron chi connectivity index (χ1n) is 12.9. The lowest BCUT2D eigenvalue weighted by Gasteiger charge is -2.33. The molecule has 41 heavy (non-hydrogen) atoms. The lowest BCUT2D eigenvalue weighted by Crippen LogP contribution is -2.50. The summed E-state index contributed by atoms with van der Waals surface area (Å²) in [5.41, 5.74) is 8.63. The summed E-state index contributed by atoms with van der Waals surface area (Å²) >= 11 is 0. The number of hydrogen-bond acceptors (Lipinski definition) is 11. The van der Waals surface area contributed by atoms with Crippen molar-refractivity contribution in [1.29, 1.82) is 0 Å². The molecule has 0 spiro atoms. The lowest BCUT2D eigenvalue weighted by molar-refractivity contribution is -0.144. The normalized spacial score (nSPS) is 15.3. The van der Waals surface area contributed by atoms with Gasteiger partial charge in [-0.25, -0.2) is 13.9 Å². The van der Waals surface area contributed by atoms with Crippen LogP contribution in [0.3, 0.4) is 0 Å². The number of oxime groups is 1. The van der Waals surface area contributed by atoms with Crippen LogP contribution in [0.25, 0.3) is 0 Å². The minimum atomic E-state index is -4.60. The molecule has 2 aromatic carbocycles. The molecule has 2 aromatic rings. The summed E-state index contributed by atoms with van der Waals surface area (Å²) in [5, 5.41) is 3.67. The van der Waals surface area contributed by atoms with E-state index in [2.05, 4.69) is 10.6 Å². The van der Waals surface area contributed by atoms with Gasteiger partial charge >= 0.3 is 16.1 Å². The van der Waals surface area contributed by atoms with Crippen LogP contribution in [0.15, 0.2) is 57.4 Å². The van der Waals surface area contributed by atoms with Gasteiger partial charge in [-0.15, -0.1) is 0 Å². The summed E-state index contributed by atoms with van der Waals surface area (Å²) in [6, 6.07) is 9.51. The molecule has 16 heteroatoms. The number of aryl methyl sites for hydroxylation is 1. The monoisotopic (exact) mass is 613 g/mol. The third-order valence-corrected chi connectivity index (χ3v) is 9.08. The average Bonchev–Trinajstić information content (AvgIpc) is 2.92. The molecule has 0 aromatic heterocycles. The molecule has 0 amide bonds. The molecule has 0 unspecified atom stereocenters. The summed E-state index contributed by atoms with van der Waals surface area (Å²) in [7, 11) is -8.82. The highest BCUT2D eigenvalue weighted by Crippen LogP contribution is 2.30. The summed E-state index contributed by atoms with van der Waals surface area (Å²) in [5.74, 6) is -0.549. The minimum absolute atomic E-state index is 0.0454. The van der Waals surface area contributed by atoms with Crippen molar-refractivity contribution < 1.29 is 40.2 Å². The van der Waals surface area contributed by atoms with Crippen molar-refractivity contribution in [2.24, 2.45) is 10.9 Å². The van der Waals surface area contributed by atoms with Gasteiger partial charge in [0.25, 0.3) is 5.96 Å². The van der Waals surface area contributed by atoms with Crippen LogP contribution in [0.4, 0.5) is 0 Å². The Bertz CT molecular complexity index is 1440. The van der Waals surface area contributed by atoms with Gasteiger partial charge in [0.05, 0.1) is 19.8 Å². The van der Waals surface area contributed by atoms with Crippen LogP contribution in [0.1, 0.15) is 25.8 Å². The minimum Gasteiger partial charge on any atom is -0.465 e. The van der Waals surface area contributed by atoms with E-state index >= 15 is 0 Å². The molecule has 3 rings (SSSR count). The Kier molecular flexibility index (Phi) is 11.3. The molecule has 0 atom stereocenters. The van der Waals surface area contributed by atoms with Gasteiger partial charge in [-0.05, 0) is 55.3 Å². The molecule has 1 aliphatic heterocycles. The van der Waals surface area contributed by atoms with Crippen molar-refractivity contribution in [3.63, 3.8) is 0 Å². The molecule has 14 nitrogen and oxygen atoms in total. The largest absolute Gasteiger partial charge is 0.465 e. The molecular weight excluding hydrogens is 578 g/mol. The van der Waals surface area contributed by atoms with Crippen LogP contribution in [-0.4, -0.2) is 83.9 Å². The molecule has 1 heterocycles. The molecule has 1 fully saturated rings. The van der Waals surface area contributed by atoms with E-state index in [9.17, 15) is 21.6 Å².